The van der Waals surface area contributed by atoms with Gasteiger partial charge in [0, 0.05) is 5.92 Å². The molecule has 0 saturated heterocycles. The topological polar surface area (TPSA) is 37.3 Å². The predicted octanol–water partition coefficient (Wildman–Crippen LogP) is 7.27. The lowest BCUT2D eigenvalue weighted by Gasteiger charge is -2.56. The normalized spacial score (nSPS) is 43.0. The van der Waals surface area contributed by atoms with Crippen LogP contribution in [0, 0.1) is 40.4 Å². The van der Waals surface area contributed by atoms with Gasteiger partial charge in [-0.25, -0.2) is 0 Å². The summed E-state index contributed by atoms with van der Waals surface area (Å²) in [4.78, 5) is 12.5. The van der Waals surface area contributed by atoms with Crippen molar-refractivity contribution >= 4 is 5.78 Å². The third-order valence-corrected chi connectivity index (χ3v) is 10.5. The highest BCUT2D eigenvalue weighted by atomic mass is 16.3. The van der Waals surface area contributed by atoms with E-state index in [4.69, 9.17) is 0 Å². The van der Waals surface area contributed by atoms with Gasteiger partial charge in [-0.05, 0) is 119 Å². The maximum Gasteiger partial charge on any atom is 0.135 e. The van der Waals surface area contributed by atoms with Crippen molar-refractivity contribution in [1.82, 2.24) is 0 Å². The second-order valence-corrected chi connectivity index (χ2v) is 12.4. The number of allylic oxidation sites excluding steroid dienone is 4. The Labute approximate surface area is 191 Å². The fourth-order valence-electron chi connectivity index (χ4n) is 8.92. The number of Topliss-reactive ketones (excluding diaryl/α,β-unsaturated/α-hetero) is 1. The third-order valence-electron chi connectivity index (χ3n) is 10.5. The molecule has 174 valence electrons. The Hall–Kier alpha value is -0.890. The zero-order valence-corrected chi connectivity index (χ0v) is 21.0. The molecule has 2 saturated carbocycles. The van der Waals surface area contributed by atoms with Crippen molar-refractivity contribution in [2.24, 2.45) is 40.4 Å². The van der Waals surface area contributed by atoms with Crippen LogP contribution >= 0.6 is 0 Å². The number of hydrogen-bond acceptors (Lipinski definition) is 2. The molecule has 0 aromatic heterocycles. The van der Waals surface area contributed by atoms with Crippen molar-refractivity contribution in [2.75, 3.05) is 0 Å². The highest BCUT2D eigenvalue weighted by molar-refractivity contribution is 5.79. The highest BCUT2D eigenvalue weighted by Gasteiger charge is 2.57. The van der Waals surface area contributed by atoms with Crippen molar-refractivity contribution in [3.63, 3.8) is 0 Å². The van der Waals surface area contributed by atoms with Crippen LogP contribution < -0.4 is 0 Å². The average Bonchev–Trinajstić information content (AvgIpc) is 3.05. The monoisotopic (exact) mass is 426 g/mol. The summed E-state index contributed by atoms with van der Waals surface area (Å²) in [6, 6.07) is 0. The molecule has 0 aromatic rings. The maximum atomic E-state index is 12.5. The Morgan fingerprint density at radius 1 is 1.10 bits per heavy atom. The Balaban J connectivity index is 1.59. The maximum absolute atomic E-state index is 12.5. The minimum Gasteiger partial charge on any atom is -0.392 e. The van der Waals surface area contributed by atoms with Crippen LogP contribution in [0.1, 0.15) is 106 Å². The molecule has 0 spiro atoms. The Bertz CT molecular complexity index is 772. The molecule has 0 radical (unpaired) electrons. The van der Waals surface area contributed by atoms with Crippen LogP contribution in [-0.2, 0) is 4.79 Å². The lowest BCUT2D eigenvalue weighted by molar-refractivity contribution is -0.134. The first-order valence-electron chi connectivity index (χ1n) is 13.1. The zero-order chi connectivity index (χ0) is 22.6. The van der Waals surface area contributed by atoms with Gasteiger partial charge in [-0.1, -0.05) is 43.6 Å². The molecule has 2 heteroatoms. The minimum atomic E-state index is -0.427. The third kappa shape index (κ3) is 3.79. The number of hydrogen-bond donors (Lipinski definition) is 1. The van der Waals surface area contributed by atoms with Gasteiger partial charge in [0.25, 0.3) is 0 Å². The van der Waals surface area contributed by atoms with Gasteiger partial charge >= 0.3 is 0 Å². The Kier molecular flexibility index (Phi) is 6.36. The van der Waals surface area contributed by atoms with E-state index in [9.17, 15) is 9.90 Å². The molecule has 2 fully saturated rings. The standard InChI is InChI=1S/C29H46O2/c1-18(2)8-7-9-19(3)22-12-13-23-21-10-11-25-27(20(4)30)26(31)15-17-29(25,6)24(21)14-16-28(22,23)5/h8,19,22-23,25-27,31H,7,9-17H2,1-6H3/t19-,22-,23+,25+,26+,27?,28-,29-/m1/s1. The zero-order valence-electron chi connectivity index (χ0n) is 21.0. The van der Waals surface area contributed by atoms with Crippen LogP contribution in [0.25, 0.3) is 0 Å². The first kappa shape index (κ1) is 23.3. The van der Waals surface area contributed by atoms with Gasteiger partial charge in [-0.15, -0.1) is 0 Å². The lowest BCUT2D eigenvalue weighted by Crippen LogP contribution is -2.51. The fraction of sp³-hybridized carbons (Fsp3) is 0.828. The second kappa shape index (κ2) is 8.47. The SMILES string of the molecule is CC(=O)C1[C@@H](O)CC[C@]2(C)C3=C(CC[C@@H]12)[C@@H]1CC[C@H]([C@H](C)CCC=C(C)C)[C@@]1(C)CC3. The van der Waals surface area contributed by atoms with E-state index in [-0.39, 0.29) is 17.1 Å². The smallest absolute Gasteiger partial charge is 0.135 e. The summed E-state index contributed by atoms with van der Waals surface area (Å²) in [5.74, 6) is 2.81. The number of aliphatic hydroxyl groups excluding tert-OH is 1. The minimum absolute atomic E-state index is 0.137. The van der Waals surface area contributed by atoms with Gasteiger partial charge in [0.2, 0.25) is 0 Å². The summed E-state index contributed by atoms with van der Waals surface area (Å²) in [6.45, 7) is 13.7. The Morgan fingerprint density at radius 3 is 2.52 bits per heavy atom. The van der Waals surface area contributed by atoms with E-state index in [1.54, 1.807) is 18.1 Å². The molecule has 0 heterocycles. The largest absolute Gasteiger partial charge is 0.392 e. The van der Waals surface area contributed by atoms with Crippen molar-refractivity contribution in [1.29, 1.82) is 0 Å². The van der Waals surface area contributed by atoms with Crippen molar-refractivity contribution in [2.45, 2.75) is 112 Å². The average molecular weight is 427 g/mol. The van der Waals surface area contributed by atoms with Crippen molar-refractivity contribution < 1.29 is 9.90 Å². The molecule has 0 amide bonds. The van der Waals surface area contributed by atoms with E-state index in [1.165, 1.54) is 50.5 Å². The molecule has 4 aliphatic carbocycles. The van der Waals surface area contributed by atoms with Gasteiger partial charge in [0.15, 0.2) is 0 Å². The quantitative estimate of drug-likeness (QED) is 0.469. The van der Waals surface area contributed by atoms with E-state index < -0.39 is 6.10 Å². The molecule has 1 N–H and O–H groups in total. The van der Waals surface area contributed by atoms with Gasteiger partial charge in [-0.2, -0.15) is 0 Å². The van der Waals surface area contributed by atoms with Crippen LogP contribution in [0.2, 0.25) is 0 Å². The van der Waals surface area contributed by atoms with E-state index in [1.807, 2.05) is 0 Å². The lowest BCUT2D eigenvalue weighted by atomic mass is 9.48. The highest BCUT2D eigenvalue weighted by Crippen LogP contribution is 2.66. The first-order chi connectivity index (χ1) is 14.6. The summed E-state index contributed by atoms with van der Waals surface area (Å²) in [7, 11) is 0. The molecule has 0 aromatic carbocycles. The van der Waals surface area contributed by atoms with Gasteiger partial charge in [0.1, 0.15) is 5.78 Å². The van der Waals surface area contributed by atoms with Crippen LogP contribution in [-0.4, -0.2) is 17.0 Å². The number of carbonyl (C=O) groups is 1. The summed E-state index contributed by atoms with van der Waals surface area (Å²) in [6.07, 6.45) is 14.0. The summed E-state index contributed by atoms with van der Waals surface area (Å²) in [5.41, 5.74) is 5.56. The summed E-state index contributed by atoms with van der Waals surface area (Å²) in [5, 5.41) is 10.6. The molecule has 1 unspecified atom stereocenters. The molecule has 4 rings (SSSR count). The number of ketones is 1. The molecule has 8 atom stereocenters. The number of fused-ring (bicyclic) bond motifs is 4. The number of aliphatic hydroxyl groups is 1. The van der Waals surface area contributed by atoms with E-state index >= 15 is 0 Å². The molecule has 0 aliphatic heterocycles. The van der Waals surface area contributed by atoms with Crippen molar-refractivity contribution in [3.8, 4) is 0 Å². The molecular weight excluding hydrogens is 380 g/mol. The molecular formula is C29H46O2. The molecule has 4 aliphatic rings. The van der Waals surface area contributed by atoms with Gasteiger partial charge < -0.3 is 5.11 Å². The first-order valence-corrected chi connectivity index (χ1v) is 13.1. The fourth-order valence-corrected chi connectivity index (χ4v) is 8.92. The number of rotatable bonds is 5. The molecule has 31 heavy (non-hydrogen) atoms. The van der Waals surface area contributed by atoms with E-state index in [2.05, 4.69) is 40.7 Å². The molecule has 0 bridgehead atoms. The van der Waals surface area contributed by atoms with Crippen molar-refractivity contribution in [3.05, 3.63) is 22.8 Å². The van der Waals surface area contributed by atoms with Crippen LogP contribution in [0.3, 0.4) is 0 Å². The van der Waals surface area contributed by atoms with Crippen LogP contribution in [0.4, 0.5) is 0 Å². The number of carbonyl (C=O) groups excluding carboxylic acids is 1. The predicted molar refractivity (Wildman–Crippen MR) is 129 cm³/mol. The van der Waals surface area contributed by atoms with E-state index in [0.717, 1.165) is 37.0 Å². The Morgan fingerprint density at radius 2 is 1.84 bits per heavy atom. The van der Waals surface area contributed by atoms with Gasteiger partial charge in [-0.3, -0.25) is 4.79 Å². The van der Waals surface area contributed by atoms with E-state index in [0.29, 0.717) is 11.3 Å². The van der Waals surface area contributed by atoms with Crippen LogP contribution in [0.15, 0.2) is 22.8 Å². The van der Waals surface area contributed by atoms with Gasteiger partial charge in [0.05, 0.1) is 6.10 Å². The summed E-state index contributed by atoms with van der Waals surface area (Å²) >= 11 is 0. The van der Waals surface area contributed by atoms with Crippen LogP contribution in [0.5, 0.6) is 0 Å². The molecule has 2 nitrogen and oxygen atoms in total. The summed E-state index contributed by atoms with van der Waals surface area (Å²) < 4.78 is 0. The second-order valence-electron chi connectivity index (χ2n) is 12.4.